The predicted octanol–water partition coefficient (Wildman–Crippen LogP) is 0.191. The molecule has 0 fully saturated rings. The zero-order chi connectivity index (χ0) is 11.2. The molecule has 0 aromatic carbocycles. The first-order valence-corrected chi connectivity index (χ1v) is 4.85. The van der Waals surface area contributed by atoms with Crippen molar-refractivity contribution in [1.82, 2.24) is 10.2 Å². The number of rotatable bonds is 6. The number of aliphatic hydroxyl groups is 1. The fourth-order valence-corrected chi connectivity index (χ4v) is 1.34. The van der Waals surface area contributed by atoms with E-state index in [0.29, 0.717) is 19.5 Å². The number of nitriles is 1. The van der Waals surface area contributed by atoms with E-state index in [9.17, 15) is 5.11 Å². The van der Waals surface area contributed by atoms with Gasteiger partial charge in [0, 0.05) is 19.1 Å². The van der Waals surface area contributed by atoms with E-state index in [-0.39, 0.29) is 6.04 Å². The molecule has 0 aliphatic heterocycles. The van der Waals surface area contributed by atoms with Gasteiger partial charge in [0.1, 0.15) is 0 Å². The van der Waals surface area contributed by atoms with Gasteiger partial charge in [-0.1, -0.05) is 0 Å². The monoisotopic (exact) mass is 199 g/mol. The van der Waals surface area contributed by atoms with E-state index in [2.05, 4.69) is 11.4 Å². The highest BCUT2D eigenvalue weighted by Gasteiger charge is 2.21. The highest BCUT2D eigenvalue weighted by atomic mass is 16.3. The Morgan fingerprint density at radius 1 is 1.57 bits per heavy atom. The largest absolute Gasteiger partial charge is 0.388 e. The molecule has 4 nitrogen and oxygen atoms in total. The lowest BCUT2D eigenvalue weighted by Gasteiger charge is -2.28. The second kappa shape index (κ2) is 5.97. The second-order valence-electron chi connectivity index (χ2n) is 4.38. The maximum absolute atomic E-state index is 9.91. The molecule has 0 radical (unpaired) electrons. The molecule has 2 N–H and O–H groups in total. The summed E-state index contributed by atoms with van der Waals surface area (Å²) < 4.78 is 0. The van der Waals surface area contributed by atoms with Gasteiger partial charge in [-0.3, -0.25) is 0 Å². The van der Waals surface area contributed by atoms with Gasteiger partial charge < -0.3 is 15.3 Å². The van der Waals surface area contributed by atoms with Gasteiger partial charge in [0.15, 0.2) is 0 Å². The van der Waals surface area contributed by atoms with Crippen molar-refractivity contribution in [2.24, 2.45) is 0 Å². The van der Waals surface area contributed by atoms with Crippen LogP contribution in [-0.4, -0.2) is 48.8 Å². The highest BCUT2D eigenvalue weighted by molar-refractivity contribution is 4.83. The Kier molecular flexibility index (Phi) is 5.70. The molecule has 0 rings (SSSR count). The fourth-order valence-electron chi connectivity index (χ4n) is 1.34. The van der Waals surface area contributed by atoms with Gasteiger partial charge in [0.25, 0.3) is 0 Å². The van der Waals surface area contributed by atoms with Crippen LogP contribution in [0.4, 0.5) is 0 Å². The van der Waals surface area contributed by atoms with Crippen LogP contribution in [-0.2, 0) is 0 Å². The smallest absolute Gasteiger partial charge is 0.0869 e. The third-order valence-electron chi connectivity index (χ3n) is 1.89. The number of likely N-dealkylation sites (N-methyl/N-ethyl adjacent to an activating group) is 1. The van der Waals surface area contributed by atoms with Crippen molar-refractivity contribution in [2.45, 2.75) is 31.9 Å². The maximum atomic E-state index is 9.91. The Hall–Kier alpha value is -0.630. The summed E-state index contributed by atoms with van der Waals surface area (Å²) in [7, 11) is 3.85. The standard InChI is InChI=1S/C10H21N3O/c1-9(5-6-11)12-7-10(2,14)8-13(3)4/h9,12,14H,5,7-8H2,1-4H3. The van der Waals surface area contributed by atoms with Crippen LogP contribution in [0.2, 0.25) is 0 Å². The number of nitrogens with zero attached hydrogens (tertiary/aromatic N) is 2. The molecular weight excluding hydrogens is 178 g/mol. The average molecular weight is 199 g/mol. The molecule has 4 heteroatoms. The summed E-state index contributed by atoms with van der Waals surface area (Å²) in [4.78, 5) is 1.94. The lowest BCUT2D eigenvalue weighted by Crippen LogP contribution is -2.47. The van der Waals surface area contributed by atoms with Crippen molar-refractivity contribution in [3.63, 3.8) is 0 Å². The summed E-state index contributed by atoms with van der Waals surface area (Å²) in [6.07, 6.45) is 0.470. The van der Waals surface area contributed by atoms with E-state index in [1.165, 1.54) is 0 Å². The molecular formula is C10H21N3O. The van der Waals surface area contributed by atoms with Gasteiger partial charge in [0.05, 0.1) is 18.1 Å². The van der Waals surface area contributed by atoms with Crippen LogP contribution in [0, 0.1) is 11.3 Å². The van der Waals surface area contributed by atoms with Gasteiger partial charge in [-0.05, 0) is 27.9 Å². The van der Waals surface area contributed by atoms with E-state index in [1.807, 2.05) is 25.9 Å². The van der Waals surface area contributed by atoms with Crippen molar-refractivity contribution < 1.29 is 5.11 Å². The van der Waals surface area contributed by atoms with Crippen LogP contribution < -0.4 is 5.32 Å². The molecule has 0 bridgehead atoms. The molecule has 0 heterocycles. The minimum Gasteiger partial charge on any atom is -0.388 e. The quantitative estimate of drug-likeness (QED) is 0.641. The van der Waals surface area contributed by atoms with Crippen LogP contribution in [0.3, 0.4) is 0 Å². The molecule has 0 amide bonds. The summed E-state index contributed by atoms with van der Waals surface area (Å²) in [5.41, 5.74) is -0.743. The SMILES string of the molecule is CC(CC#N)NCC(C)(O)CN(C)C. The van der Waals surface area contributed by atoms with Crippen molar-refractivity contribution in [3.8, 4) is 6.07 Å². The van der Waals surface area contributed by atoms with E-state index < -0.39 is 5.60 Å². The lowest BCUT2D eigenvalue weighted by molar-refractivity contribution is 0.0319. The third kappa shape index (κ3) is 6.84. The number of hydrogen-bond acceptors (Lipinski definition) is 4. The minimum absolute atomic E-state index is 0.133. The van der Waals surface area contributed by atoms with Gasteiger partial charge >= 0.3 is 0 Å². The van der Waals surface area contributed by atoms with E-state index in [0.717, 1.165) is 0 Å². The predicted molar refractivity (Wildman–Crippen MR) is 56.9 cm³/mol. The summed E-state index contributed by atoms with van der Waals surface area (Å²) in [6.45, 7) is 4.85. The normalized spacial score (nSPS) is 17.5. The van der Waals surface area contributed by atoms with Gasteiger partial charge in [-0.2, -0.15) is 5.26 Å². The Balaban J connectivity index is 3.81. The third-order valence-corrected chi connectivity index (χ3v) is 1.89. The molecule has 0 spiro atoms. The van der Waals surface area contributed by atoms with Crippen molar-refractivity contribution in [3.05, 3.63) is 0 Å². The molecule has 0 aliphatic rings. The van der Waals surface area contributed by atoms with Crippen LogP contribution in [0.1, 0.15) is 20.3 Å². The Labute approximate surface area is 86.5 Å². The van der Waals surface area contributed by atoms with E-state index in [1.54, 1.807) is 6.92 Å². The van der Waals surface area contributed by atoms with Gasteiger partial charge in [-0.25, -0.2) is 0 Å². The lowest BCUT2D eigenvalue weighted by atomic mass is 10.1. The van der Waals surface area contributed by atoms with Gasteiger partial charge in [-0.15, -0.1) is 0 Å². The van der Waals surface area contributed by atoms with Crippen molar-refractivity contribution >= 4 is 0 Å². The van der Waals surface area contributed by atoms with E-state index >= 15 is 0 Å². The highest BCUT2D eigenvalue weighted by Crippen LogP contribution is 2.03. The topological polar surface area (TPSA) is 59.3 Å². The first kappa shape index (κ1) is 13.4. The maximum Gasteiger partial charge on any atom is 0.0869 e. The van der Waals surface area contributed by atoms with Crippen LogP contribution in [0.15, 0.2) is 0 Å². The zero-order valence-electron chi connectivity index (χ0n) is 9.54. The number of nitrogens with one attached hydrogen (secondary N) is 1. The summed E-state index contributed by atoms with van der Waals surface area (Å²) in [5.74, 6) is 0. The van der Waals surface area contributed by atoms with Crippen LogP contribution in [0.25, 0.3) is 0 Å². The first-order valence-electron chi connectivity index (χ1n) is 4.85. The van der Waals surface area contributed by atoms with E-state index in [4.69, 9.17) is 5.26 Å². The Morgan fingerprint density at radius 2 is 2.14 bits per heavy atom. The van der Waals surface area contributed by atoms with Gasteiger partial charge in [0.2, 0.25) is 0 Å². The fraction of sp³-hybridized carbons (Fsp3) is 0.900. The van der Waals surface area contributed by atoms with Crippen LogP contribution >= 0.6 is 0 Å². The van der Waals surface area contributed by atoms with Crippen LogP contribution in [0.5, 0.6) is 0 Å². The Bertz CT molecular complexity index is 196. The molecule has 0 saturated heterocycles. The molecule has 0 aromatic heterocycles. The molecule has 14 heavy (non-hydrogen) atoms. The first-order chi connectivity index (χ1) is 6.37. The molecule has 0 aromatic rings. The summed E-state index contributed by atoms with van der Waals surface area (Å²) in [6, 6.07) is 2.22. The second-order valence-corrected chi connectivity index (χ2v) is 4.38. The minimum atomic E-state index is -0.743. The average Bonchev–Trinajstić information content (AvgIpc) is 1.99. The molecule has 82 valence electrons. The molecule has 0 saturated carbocycles. The van der Waals surface area contributed by atoms with Crippen molar-refractivity contribution in [1.29, 1.82) is 5.26 Å². The van der Waals surface area contributed by atoms with Crippen molar-refractivity contribution in [2.75, 3.05) is 27.2 Å². The zero-order valence-corrected chi connectivity index (χ0v) is 9.54. The number of hydrogen-bond donors (Lipinski definition) is 2. The molecule has 2 unspecified atom stereocenters. The summed E-state index contributed by atoms with van der Waals surface area (Å²) in [5, 5.41) is 21.5. The Morgan fingerprint density at radius 3 is 2.57 bits per heavy atom. The summed E-state index contributed by atoms with van der Waals surface area (Å²) >= 11 is 0. The molecule has 0 aliphatic carbocycles. The molecule has 2 atom stereocenters.